The van der Waals surface area contributed by atoms with E-state index in [-0.39, 0.29) is 5.91 Å². The standard InChI is InChI=1S/C25H33N3O3/c1-25(2,3)31-24(30)27-22(18-19-10-6-4-7-11-19)23(29)28-16-14-21(15-17-28)26-20-12-8-5-9-13-20/h4-13,21-22,26H,14-18H2,1-3H3,(H,27,30)/t22-/m0/s1. The number of rotatable bonds is 6. The number of amides is 2. The molecule has 0 spiro atoms. The summed E-state index contributed by atoms with van der Waals surface area (Å²) in [5, 5.41) is 6.34. The number of benzene rings is 2. The molecule has 1 atom stereocenters. The monoisotopic (exact) mass is 423 g/mol. The fourth-order valence-electron chi connectivity index (χ4n) is 3.73. The van der Waals surface area contributed by atoms with Gasteiger partial charge in [-0.15, -0.1) is 0 Å². The lowest BCUT2D eigenvalue weighted by molar-refractivity contribution is -0.134. The van der Waals surface area contributed by atoms with Gasteiger partial charge >= 0.3 is 6.09 Å². The molecule has 6 heteroatoms. The van der Waals surface area contributed by atoms with Crippen LogP contribution in [0.1, 0.15) is 39.2 Å². The number of anilines is 1. The van der Waals surface area contributed by atoms with Crippen molar-refractivity contribution >= 4 is 17.7 Å². The minimum Gasteiger partial charge on any atom is -0.444 e. The number of hydrogen-bond donors (Lipinski definition) is 2. The molecule has 2 N–H and O–H groups in total. The van der Waals surface area contributed by atoms with Crippen LogP contribution in [0.3, 0.4) is 0 Å². The van der Waals surface area contributed by atoms with E-state index in [1.54, 1.807) is 0 Å². The van der Waals surface area contributed by atoms with Crippen LogP contribution in [0.4, 0.5) is 10.5 Å². The first-order valence-electron chi connectivity index (χ1n) is 10.9. The molecule has 0 saturated carbocycles. The predicted octanol–water partition coefficient (Wildman–Crippen LogP) is 4.23. The smallest absolute Gasteiger partial charge is 0.408 e. The number of hydrogen-bond acceptors (Lipinski definition) is 4. The van der Waals surface area contributed by atoms with Gasteiger partial charge in [0.05, 0.1) is 0 Å². The van der Waals surface area contributed by atoms with Gasteiger partial charge in [0, 0.05) is 31.2 Å². The van der Waals surface area contributed by atoms with E-state index in [9.17, 15) is 9.59 Å². The van der Waals surface area contributed by atoms with Gasteiger partial charge in [0.25, 0.3) is 0 Å². The van der Waals surface area contributed by atoms with Crippen molar-refractivity contribution in [2.75, 3.05) is 18.4 Å². The lowest BCUT2D eigenvalue weighted by atomic mass is 10.0. The number of para-hydroxylation sites is 1. The average molecular weight is 424 g/mol. The van der Waals surface area contributed by atoms with Crippen molar-refractivity contribution in [1.29, 1.82) is 0 Å². The topological polar surface area (TPSA) is 70.7 Å². The molecule has 3 rings (SSSR count). The zero-order chi connectivity index (χ0) is 22.3. The van der Waals surface area contributed by atoms with Crippen LogP contribution in [0.2, 0.25) is 0 Å². The molecule has 31 heavy (non-hydrogen) atoms. The number of ether oxygens (including phenoxy) is 1. The van der Waals surface area contributed by atoms with E-state index in [1.165, 1.54) is 0 Å². The van der Waals surface area contributed by atoms with Gasteiger partial charge in [0.1, 0.15) is 11.6 Å². The Morgan fingerprint density at radius 3 is 2.16 bits per heavy atom. The summed E-state index contributed by atoms with van der Waals surface area (Å²) in [5.41, 5.74) is 1.48. The Morgan fingerprint density at radius 2 is 1.58 bits per heavy atom. The predicted molar refractivity (Wildman–Crippen MR) is 123 cm³/mol. The van der Waals surface area contributed by atoms with Crippen LogP contribution in [0.15, 0.2) is 60.7 Å². The minimum atomic E-state index is -0.657. The summed E-state index contributed by atoms with van der Waals surface area (Å²) >= 11 is 0. The third-order valence-electron chi connectivity index (χ3n) is 5.22. The quantitative estimate of drug-likeness (QED) is 0.730. The Morgan fingerprint density at radius 1 is 1.00 bits per heavy atom. The third-order valence-corrected chi connectivity index (χ3v) is 5.22. The Bertz CT molecular complexity index is 841. The second kappa shape index (κ2) is 10.3. The van der Waals surface area contributed by atoms with E-state index in [1.807, 2.05) is 74.2 Å². The molecular formula is C25H33N3O3. The summed E-state index contributed by atoms with van der Waals surface area (Å²) in [5.74, 6) is -0.0622. The molecule has 166 valence electrons. The Hall–Kier alpha value is -3.02. The number of carbonyl (C=O) groups is 2. The fourth-order valence-corrected chi connectivity index (χ4v) is 3.73. The first kappa shape index (κ1) is 22.7. The maximum absolute atomic E-state index is 13.3. The zero-order valence-corrected chi connectivity index (χ0v) is 18.6. The summed E-state index contributed by atoms with van der Waals surface area (Å²) < 4.78 is 5.40. The molecular weight excluding hydrogens is 390 g/mol. The Kier molecular flexibility index (Phi) is 7.55. The van der Waals surface area contributed by atoms with Crippen molar-refractivity contribution in [3.05, 3.63) is 66.2 Å². The Labute approximate surface area is 185 Å². The average Bonchev–Trinajstić information content (AvgIpc) is 2.73. The molecule has 0 radical (unpaired) electrons. The minimum absolute atomic E-state index is 0.0622. The van der Waals surface area contributed by atoms with E-state index < -0.39 is 17.7 Å². The van der Waals surface area contributed by atoms with Crippen molar-refractivity contribution in [2.45, 2.75) is 57.7 Å². The van der Waals surface area contributed by atoms with Crippen LogP contribution in [0.5, 0.6) is 0 Å². The lowest BCUT2D eigenvalue weighted by Crippen LogP contribution is -2.53. The summed E-state index contributed by atoms with van der Waals surface area (Å²) in [7, 11) is 0. The van der Waals surface area contributed by atoms with Crippen LogP contribution in [-0.4, -0.2) is 47.7 Å². The molecule has 0 bridgehead atoms. The molecule has 2 aromatic carbocycles. The van der Waals surface area contributed by atoms with E-state index >= 15 is 0 Å². The molecule has 1 saturated heterocycles. The van der Waals surface area contributed by atoms with Gasteiger partial charge in [0.2, 0.25) is 5.91 Å². The first-order chi connectivity index (χ1) is 14.8. The highest BCUT2D eigenvalue weighted by molar-refractivity contribution is 5.86. The number of nitrogens with zero attached hydrogens (tertiary/aromatic N) is 1. The molecule has 1 aliphatic rings. The third kappa shape index (κ3) is 7.31. The van der Waals surface area contributed by atoms with E-state index in [4.69, 9.17) is 4.74 Å². The van der Waals surface area contributed by atoms with Gasteiger partial charge in [-0.05, 0) is 51.3 Å². The van der Waals surface area contributed by atoms with Gasteiger partial charge in [-0.1, -0.05) is 48.5 Å². The zero-order valence-electron chi connectivity index (χ0n) is 18.6. The highest BCUT2D eigenvalue weighted by Gasteiger charge is 2.30. The van der Waals surface area contributed by atoms with Gasteiger partial charge in [-0.2, -0.15) is 0 Å². The SMILES string of the molecule is CC(C)(C)OC(=O)N[C@@H](Cc1ccccc1)C(=O)N1CCC(Nc2ccccc2)CC1. The molecule has 0 aromatic heterocycles. The maximum Gasteiger partial charge on any atom is 0.408 e. The van der Waals surface area contributed by atoms with Crippen molar-refractivity contribution in [2.24, 2.45) is 0 Å². The molecule has 1 aliphatic heterocycles. The summed E-state index contributed by atoms with van der Waals surface area (Å²) in [6.07, 6.45) is 1.60. The van der Waals surface area contributed by atoms with Crippen LogP contribution >= 0.6 is 0 Å². The number of likely N-dealkylation sites (tertiary alicyclic amines) is 1. The number of nitrogens with one attached hydrogen (secondary N) is 2. The number of piperidine rings is 1. The van der Waals surface area contributed by atoms with Crippen LogP contribution in [0.25, 0.3) is 0 Å². The van der Waals surface area contributed by atoms with Gasteiger partial charge in [-0.25, -0.2) is 4.79 Å². The molecule has 6 nitrogen and oxygen atoms in total. The van der Waals surface area contributed by atoms with E-state index in [0.717, 1.165) is 24.1 Å². The molecule has 1 heterocycles. The largest absolute Gasteiger partial charge is 0.444 e. The fraction of sp³-hybridized carbons (Fsp3) is 0.440. The first-order valence-corrected chi connectivity index (χ1v) is 10.9. The second-order valence-electron chi connectivity index (χ2n) is 9.00. The van der Waals surface area contributed by atoms with Crippen molar-refractivity contribution < 1.29 is 14.3 Å². The highest BCUT2D eigenvalue weighted by Crippen LogP contribution is 2.18. The van der Waals surface area contributed by atoms with Crippen molar-refractivity contribution in [3.63, 3.8) is 0 Å². The van der Waals surface area contributed by atoms with E-state index in [0.29, 0.717) is 25.6 Å². The summed E-state index contributed by atoms with van der Waals surface area (Å²) in [6, 6.07) is 19.5. The summed E-state index contributed by atoms with van der Waals surface area (Å²) in [6.45, 7) is 6.75. The highest BCUT2D eigenvalue weighted by atomic mass is 16.6. The maximum atomic E-state index is 13.3. The van der Waals surface area contributed by atoms with Gasteiger partial charge in [-0.3, -0.25) is 4.79 Å². The van der Waals surface area contributed by atoms with Crippen LogP contribution < -0.4 is 10.6 Å². The Balaban J connectivity index is 1.61. The molecule has 0 aliphatic carbocycles. The normalized spacial score (nSPS) is 15.8. The van der Waals surface area contributed by atoms with Crippen molar-refractivity contribution in [3.8, 4) is 0 Å². The molecule has 1 fully saturated rings. The van der Waals surface area contributed by atoms with Gasteiger partial charge in [0.15, 0.2) is 0 Å². The molecule has 2 aromatic rings. The van der Waals surface area contributed by atoms with Crippen molar-refractivity contribution in [1.82, 2.24) is 10.2 Å². The van der Waals surface area contributed by atoms with Crippen LogP contribution in [0, 0.1) is 0 Å². The molecule has 0 unspecified atom stereocenters. The molecule has 2 amide bonds. The van der Waals surface area contributed by atoms with Crippen LogP contribution in [-0.2, 0) is 16.0 Å². The number of alkyl carbamates (subject to hydrolysis) is 1. The number of carbonyl (C=O) groups excluding carboxylic acids is 2. The second-order valence-corrected chi connectivity index (χ2v) is 9.00. The van der Waals surface area contributed by atoms with E-state index in [2.05, 4.69) is 22.8 Å². The lowest BCUT2D eigenvalue weighted by Gasteiger charge is -2.35. The van der Waals surface area contributed by atoms with Gasteiger partial charge < -0.3 is 20.3 Å². The summed E-state index contributed by atoms with van der Waals surface area (Å²) in [4.78, 5) is 27.5.